The monoisotopic (exact) mass is 366 g/mol. The van der Waals surface area contributed by atoms with Crippen molar-refractivity contribution in [3.8, 4) is 5.75 Å². The van der Waals surface area contributed by atoms with E-state index in [-0.39, 0.29) is 5.60 Å². The van der Waals surface area contributed by atoms with Crippen LogP contribution in [0.15, 0.2) is 40.9 Å². The lowest BCUT2D eigenvalue weighted by atomic mass is 9.96. The van der Waals surface area contributed by atoms with Gasteiger partial charge < -0.3 is 9.84 Å². The number of benzene rings is 2. The molecule has 1 unspecified atom stereocenters. The summed E-state index contributed by atoms with van der Waals surface area (Å²) in [6.45, 7) is 4.13. The molecule has 21 heavy (non-hydrogen) atoms. The second kappa shape index (κ2) is 5.31. The molecule has 0 bridgehead atoms. The van der Waals surface area contributed by atoms with Crippen molar-refractivity contribution in [3.63, 3.8) is 0 Å². The van der Waals surface area contributed by atoms with Crippen molar-refractivity contribution >= 4 is 27.5 Å². The SMILES string of the molecule is CC1(C)Cc2cc(C(O)c3ccc(Br)c(Cl)c3)ccc2O1. The molecule has 0 aromatic heterocycles. The summed E-state index contributed by atoms with van der Waals surface area (Å²) < 4.78 is 6.68. The molecule has 1 aliphatic heterocycles. The van der Waals surface area contributed by atoms with Crippen molar-refractivity contribution in [2.24, 2.45) is 0 Å². The highest BCUT2D eigenvalue weighted by Gasteiger charge is 2.30. The van der Waals surface area contributed by atoms with E-state index in [4.69, 9.17) is 16.3 Å². The first-order chi connectivity index (χ1) is 9.85. The molecule has 0 radical (unpaired) electrons. The maximum absolute atomic E-state index is 10.6. The van der Waals surface area contributed by atoms with Gasteiger partial charge in [0, 0.05) is 10.9 Å². The van der Waals surface area contributed by atoms with Crippen molar-refractivity contribution in [2.75, 3.05) is 0 Å². The topological polar surface area (TPSA) is 29.5 Å². The number of fused-ring (bicyclic) bond motifs is 1. The normalized spacial score (nSPS) is 17.2. The van der Waals surface area contributed by atoms with Crippen LogP contribution >= 0.6 is 27.5 Å². The molecule has 4 heteroatoms. The molecule has 1 atom stereocenters. The molecule has 3 rings (SSSR count). The highest BCUT2D eigenvalue weighted by molar-refractivity contribution is 9.10. The quantitative estimate of drug-likeness (QED) is 0.818. The Morgan fingerprint density at radius 1 is 1.19 bits per heavy atom. The Kier molecular flexibility index (Phi) is 3.76. The van der Waals surface area contributed by atoms with Crippen molar-refractivity contribution in [1.29, 1.82) is 0 Å². The van der Waals surface area contributed by atoms with E-state index in [2.05, 4.69) is 29.8 Å². The summed E-state index contributed by atoms with van der Waals surface area (Å²) in [5.74, 6) is 0.907. The smallest absolute Gasteiger partial charge is 0.123 e. The minimum absolute atomic E-state index is 0.174. The highest BCUT2D eigenvalue weighted by Crippen LogP contribution is 2.37. The van der Waals surface area contributed by atoms with Crippen LogP contribution in [-0.2, 0) is 6.42 Å². The zero-order chi connectivity index (χ0) is 15.2. The van der Waals surface area contributed by atoms with E-state index < -0.39 is 6.10 Å². The van der Waals surface area contributed by atoms with Crippen LogP contribution in [0.25, 0.3) is 0 Å². The second-order valence-electron chi connectivity index (χ2n) is 5.98. The predicted octanol–water partition coefficient (Wildman–Crippen LogP) is 4.90. The van der Waals surface area contributed by atoms with Gasteiger partial charge in [0.2, 0.25) is 0 Å². The molecule has 110 valence electrons. The minimum atomic E-state index is -0.690. The lowest BCUT2D eigenvalue weighted by Crippen LogP contribution is -2.24. The van der Waals surface area contributed by atoms with Gasteiger partial charge in [-0.15, -0.1) is 0 Å². The molecule has 1 aliphatic rings. The van der Waals surface area contributed by atoms with Crippen molar-refractivity contribution in [2.45, 2.75) is 32.0 Å². The maximum Gasteiger partial charge on any atom is 0.123 e. The minimum Gasteiger partial charge on any atom is -0.487 e. The largest absolute Gasteiger partial charge is 0.487 e. The van der Waals surface area contributed by atoms with Crippen LogP contribution in [0.4, 0.5) is 0 Å². The van der Waals surface area contributed by atoms with Crippen LogP contribution in [0.5, 0.6) is 5.75 Å². The molecule has 1 N–H and O–H groups in total. The third-order valence-corrected chi connectivity index (χ3v) is 4.89. The second-order valence-corrected chi connectivity index (χ2v) is 7.24. The number of ether oxygens (including phenoxy) is 1. The fourth-order valence-electron chi connectivity index (χ4n) is 2.67. The molecule has 0 saturated carbocycles. The van der Waals surface area contributed by atoms with Crippen molar-refractivity contribution in [3.05, 3.63) is 62.6 Å². The standard InChI is InChI=1S/C17H16BrClO2/c1-17(2)9-12-7-10(4-6-15(12)21-17)16(20)11-3-5-13(18)14(19)8-11/h3-8,16,20H,9H2,1-2H3. The summed E-state index contributed by atoms with van der Waals surface area (Å²) in [6.07, 6.45) is 0.161. The highest BCUT2D eigenvalue weighted by atomic mass is 79.9. The van der Waals surface area contributed by atoms with Gasteiger partial charge in [0.25, 0.3) is 0 Å². The number of halogens is 2. The summed E-state index contributed by atoms with van der Waals surface area (Å²) >= 11 is 9.46. The van der Waals surface area contributed by atoms with Crippen molar-refractivity contribution < 1.29 is 9.84 Å². The van der Waals surface area contributed by atoms with Crippen LogP contribution < -0.4 is 4.74 Å². The van der Waals surface area contributed by atoms with Gasteiger partial charge in [0.05, 0.1) is 5.02 Å². The van der Waals surface area contributed by atoms with Gasteiger partial charge >= 0.3 is 0 Å². The molecule has 2 aromatic carbocycles. The van der Waals surface area contributed by atoms with E-state index >= 15 is 0 Å². The van der Waals surface area contributed by atoms with Crippen LogP contribution in [0.3, 0.4) is 0 Å². The number of hydrogen-bond acceptors (Lipinski definition) is 2. The van der Waals surface area contributed by atoms with Crippen LogP contribution in [-0.4, -0.2) is 10.7 Å². The van der Waals surface area contributed by atoms with Gasteiger partial charge in [0.1, 0.15) is 17.5 Å². The number of aliphatic hydroxyl groups is 1. The summed E-state index contributed by atoms with van der Waals surface area (Å²) in [7, 11) is 0. The summed E-state index contributed by atoms with van der Waals surface area (Å²) in [4.78, 5) is 0. The summed E-state index contributed by atoms with van der Waals surface area (Å²) in [5, 5.41) is 11.1. The molecule has 2 aromatic rings. The number of aliphatic hydroxyl groups excluding tert-OH is 1. The van der Waals surface area contributed by atoms with Gasteiger partial charge in [-0.25, -0.2) is 0 Å². The third-order valence-electron chi connectivity index (χ3n) is 3.66. The molecular formula is C17H16BrClO2. The molecular weight excluding hydrogens is 352 g/mol. The summed E-state index contributed by atoms with van der Waals surface area (Å²) in [6, 6.07) is 11.4. The third kappa shape index (κ3) is 2.96. The molecule has 1 heterocycles. The van der Waals surface area contributed by atoms with Gasteiger partial charge in [0.15, 0.2) is 0 Å². The van der Waals surface area contributed by atoms with E-state index in [1.54, 1.807) is 6.07 Å². The Hall–Kier alpha value is -1.03. The Labute approximate surface area is 137 Å². The zero-order valence-electron chi connectivity index (χ0n) is 11.9. The molecule has 0 spiro atoms. The number of hydrogen-bond donors (Lipinski definition) is 1. The molecule has 0 amide bonds. The molecule has 0 saturated heterocycles. The van der Waals surface area contributed by atoms with Crippen LogP contribution in [0.2, 0.25) is 5.02 Å². The van der Waals surface area contributed by atoms with Gasteiger partial charge in [-0.2, -0.15) is 0 Å². The molecule has 2 nitrogen and oxygen atoms in total. The van der Waals surface area contributed by atoms with Gasteiger partial charge in [-0.3, -0.25) is 0 Å². The Balaban J connectivity index is 1.93. The first-order valence-electron chi connectivity index (χ1n) is 6.80. The van der Waals surface area contributed by atoms with E-state index in [1.165, 1.54) is 0 Å². The van der Waals surface area contributed by atoms with Gasteiger partial charge in [-0.05, 0) is 70.7 Å². The average Bonchev–Trinajstić information content (AvgIpc) is 2.73. The first kappa shape index (κ1) is 14.9. The van der Waals surface area contributed by atoms with E-state index in [9.17, 15) is 5.11 Å². The van der Waals surface area contributed by atoms with E-state index in [0.29, 0.717) is 5.02 Å². The van der Waals surface area contributed by atoms with Crippen LogP contribution in [0.1, 0.15) is 36.6 Å². The van der Waals surface area contributed by atoms with E-state index in [0.717, 1.165) is 33.3 Å². The lowest BCUT2D eigenvalue weighted by Gasteiger charge is -2.16. The average molecular weight is 368 g/mol. The predicted molar refractivity (Wildman–Crippen MR) is 88.1 cm³/mol. The van der Waals surface area contributed by atoms with Crippen molar-refractivity contribution in [1.82, 2.24) is 0 Å². The molecule has 0 fully saturated rings. The molecule has 0 aliphatic carbocycles. The first-order valence-corrected chi connectivity index (χ1v) is 7.98. The maximum atomic E-state index is 10.6. The Bertz CT molecular complexity index is 697. The zero-order valence-corrected chi connectivity index (χ0v) is 14.2. The van der Waals surface area contributed by atoms with E-state index in [1.807, 2.05) is 30.3 Å². The van der Waals surface area contributed by atoms with Gasteiger partial charge in [-0.1, -0.05) is 23.7 Å². The Morgan fingerprint density at radius 2 is 1.86 bits per heavy atom. The lowest BCUT2D eigenvalue weighted by molar-refractivity contribution is 0.138. The van der Waals surface area contributed by atoms with Crippen LogP contribution in [0, 0.1) is 0 Å². The fraction of sp³-hybridized carbons (Fsp3) is 0.294. The Morgan fingerprint density at radius 3 is 2.57 bits per heavy atom. The summed E-state index contributed by atoms with van der Waals surface area (Å²) in [5.41, 5.74) is 2.60. The fourth-order valence-corrected chi connectivity index (χ4v) is 3.11. The number of rotatable bonds is 2.